The van der Waals surface area contributed by atoms with Crippen LogP contribution in [-0.2, 0) is 16.0 Å². The van der Waals surface area contributed by atoms with E-state index < -0.39 is 0 Å². The number of hydrogen-bond donors (Lipinski definition) is 0. The van der Waals surface area contributed by atoms with E-state index in [1.165, 1.54) is 22.4 Å². The molecular weight excluding hydrogens is 224 g/mol. The minimum atomic E-state index is -0.354. The summed E-state index contributed by atoms with van der Waals surface area (Å²) < 4.78 is 4.97. The lowest BCUT2D eigenvalue weighted by molar-refractivity contribution is -0.137. The SMILES string of the molecule is C=CC(=O)OCCCc1cccc2ccccc12. The number of esters is 1. The number of benzene rings is 2. The Kier molecular flexibility index (Phi) is 4.13. The van der Waals surface area contributed by atoms with Crippen LogP contribution in [0.3, 0.4) is 0 Å². The highest BCUT2D eigenvalue weighted by atomic mass is 16.5. The van der Waals surface area contributed by atoms with Crippen LogP contribution in [0.5, 0.6) is 0 Å². The largest absolute Gasteiger partial charge is 0.463 e. The van der Waals surface area contributed by atoms with Crippen LogP contribution >= 0.6 is 0 Å². The van der Waals surface area contributed by atoms with Crippen molar-refractivity contribution < 1.29 is 9.53 Å². The molecule has 0 heterocycles. The predicted molar refractivity (Wildman–Crippen MR) is 73.4 cm³/mol. The summed E-state index contributed by atoms with van der Waals surface area (Å²) in [5.74, 6) is -0.354. The average molecular weight is 240 g/mol. The average Bonchev–Trinajstić information content (AvgIpc) is 2.43. The van der Waals surface area contributed by atoms with Gasteiger partial charge in [-0.1, -0.05) is 49.0 Å². The van der Waals surface area contributed by atoms with Gasteiger partial charge in [-0.3, -0.25) is 0 Å². The van der Waals surface area contributed by atoms with Gasteiger partial charge in [0.1, 0.15) is 0 Å². The van der Waals surface area contributed by atoms with E-state index in [1.54, 1.807) is 0 Å². The molecule has 18 heavy (non-hydrogen) atoms. The van der Waals surface area contributed by atoms with Gasteiger partial charge in [-0.2, -0.15) is 0 Å². The molecule has 2 rings (SSSR count). The number of carbonyl (C=O) groups is 1. The lowest BCUT2D eigenvalue weighted by Crippen LogP contribution is -2.03. The molecule has 0 aliphatic rings. The van der Waals surface area contributed by atoms with Gasteiger partial charge >= 0.3 is 5.97 Å². The first kappa shape index (κ1) is 12.4. The second-order valence-corrected chi connectivity index (χ2v) is 4.11. The van der Waals surface area contributed by atoms with Gasteiger partial charge in [0.25, 0.3) is 0 Å². The molecule has 0 fully saturated rings. The second kappa shape index (κ2) is 6.01. The smallest absolute Gasteiger partial charge is 0.330 e. The molecule has 0 spiro atoms. The molecule has 0 N–H and O–H groups in total. The van der Waals surface area contributed by atoms with Crippen LogP contribution in [0.25, 0.3) is 10.8 Å². The summed E-state index contributed by atoms with van der Waals surface area (Å²) in [5.41, 5.74) is 1.29. The first-order chi connectivity index (χ1) is 8.81. The summed E-state index contributed by atoms with van der Waals surface area (Å²) in [6.45, 7) is 3.80. The fraction of sp³-hybridized carbons (Fsp3) is 0.188. The Bertz CT molecular complexity index is 553. The van der Waals surface area contributed by atoms with E-state index in [-0.39, 0.29) is 5.97 Å². The maximum Gasteiger partial charge on any atom is 0.330 e. The summed E-state index contributed by atoms with van der Waals surface area (Å²) in [5, 5.41) is 2.52. The Morgan fingerprint density at radius 3 is 2.78 bits per heavy atom. The third kappa shape index (κ3) is 2.98. The molecule has 0 aromatic heterocycles. The quantitative estimate of drug-likeness (QED) is 0.454. The zero-order chi connectivity index (χ0) is 12.8. The van der Waals surface area contributed by atoms with Crippen molar-refractivity contribution >= 4 is 16.7 Å². The summed E-state index contributed by atoms with van der Waals surface area (Å²) >= 11 is 0. The van der Waals surface area contributed by atoms with Crippen molar-refractivity contribution in [2.24, 2.45) is 0 Å². The summed E-state index contributed by atoms with van der Waals surface area (Å²) in [7, 11) is 0. The van der Waals surface area contributed by atoms with E-state index in [9.17, 15) is 4.79 Å². The summed E-state index contributed by atoms with van der Waals surface area (Å²) in [6.07, 6.45) is 2.93. The molecule has 2 nitrogen and oxygen atoms in total. The topological polar surface area (TPSA) is 26.3 Å². The van der Waals surface area contributed by atoms with Crippen LogP contribution in [-0.4, -0.2) is 12.6 Å². The monoisotopic (exact) mass is 240 g/mol. The summed E-state index contributed by atoms with van der Waals surface area (Å²) in [4.78, 5) is 10.9. The van der Waals surface area contributed by atoms with Crippen molar-refractivity contribution in [1.29, 1.82) is 0 Å². The zero-order valence-electron chi connectivity index (χ0n) is 10.3. The zero-order valence-corrected chi connectivity index (χ0v) is 10.3. The van der Waals surface area contributed by atoms with E-state index >= 15 is 0 Å². The fourth-order valence-corrected chi connectivity index (χ4v) is 2.00. The van der Waals surface area contributed by atoms with E-state index in [0.717, 1.165) is 12.8 Å². The van der Waals surface area contributed by atoms with Crippen LogP contribution in [0.1, 0.15) is 12.0 Å². The molecule has 0 saturated heterocycles. The van der Waals surface area contributed by atoms with Crippen molar-refractivity contribution in [3.63, 3.8) is 0 Å². The Labute approximate surface area is 107 Å². The Morgan fingerprint density at radius 2 is 1.94 bits per heavy atom. The van der Waals surface area contributed by atoms with Gasteiger partial charge in [-0.15, -0.1) is 0 Å². The Hall–Kier alpha value is -2.09. The van der Waals surface area contributed by atoms with E-state index in [2.05, 4.69) is 36.9 Å². The molecule has 2 aromatic carbocycles. The number of fused-ring (bicyclic) bond motifs is 1. The molecule has 2 aromatic rings. The minimum Gasteiger partial charge on any atom is -0.463 e. The maximum absolute atomic E-state index is 10.9. The predicted octanol–water partition coefficient (Wildman–Crippen LogP) is 3.50. The van der Waals surface area contributed by atoms with Gasteiger partial charge < -0.3 is 4.74 Å². The van der Waals surface area contributed by atoms with Crippen LogP contribution in [0.4, 0.5) is 0 Å². The van der Waals surface area contributed by atoms with Crippen molar-refractivity contribution in [2.45, 2.75) is 12.8 Å². The lowest BCUT2D eigenvalue weighted by Gasteiger charge is -2.06. The number of hydrogen-bond acceptors (Lipinski definition) is 2. The fourth-order valence-electron chi connectivity index (χ4n) is 2.00. The molecule has 0 radical (unpaired) electrons. The standard InChI is InChI=1S/C16H16O2/c1-2-16(17)18-12-6-10-14-9-5-8-13-7-3-4-11-15(13)14/h2-5,7-9,11H,1,6,10,12H2. The van der Waals surface area contributed by atoms with Crippen molar-refractivity contribution in [1.82, 2.24) is 0 Å². The highest BCUT2D eigenvalue weighted by molar-refractivity contribution is 5.85. The first-order valence-corrected chi connectivity index (χ1v) is 6.07. The van der Waals surface area contributed by atoms with Gasteiger partial charge in [0.15, 0.2) is 0 Å². The highest BCUT2D eigenvalue weighted by Gasteiger charge is 2.01. The van der Waals surface area contributed by atoms with Gasteiger partial charge in [0, 0.05) is 6.08 Å². The first-order valence-electron chi connectivity index (χ1n) is 6.07. The molecule has 0 atom stereocenters. The molecular formula is C16H16O2. The molecule has 2 heteroatoms. The van der Waals surface area contributed by atoms with Crippen LogP contribution in [0.2, 0.25) is 0 Å². The van der Waals surface area contributed by atoms with Gasteiger partial charge in [-0.25, -0.2) is 4.79 Å². The van der Waals surface area contributed by atoms with Crippen LogP contribution in [0, 0.1) is 0 Å². The van der Waals surface area contributed by atoms with Gasteiger partial charge in [0.2, 0.25) is 0 Å². The molecule has 0 aliphatic heterocycles. The van der Waals surface area contributed by atoms with Crippen molar-refractivity contribution in [2.75, 3.05) is 6.61 Å². The van der Waals surface area contributed by atoms with E-state index in [0.29, 0.717) is 6.61 Å². The summed E-state index contributed by atoms with van der Waals surface area (Å²) in [6, 6.07) is 14.6. The number of rotatable bonds is 5. The van der Waals surface area contributed by atoms with Gasteiger partial charge in [0.05, 0.1) is 6.61 Å². The third-order valence-corrected chi connectivity index (χ3v) is 2.88. The third-order valence-electron chi connectivity index (χ3n) is 2.88. The van der Waals surface area contributed by atoms with Gasteiger partial charge in [-0.05, 0) is 29.2 Å². The molecule has 0 saturated carbocycles. The number of ether oxygens (including phenoxy) is 1. The van der Waals surface area contributed by atoms with Crippen molar-refractivity contribution in [3.05, 3.63) is 60.7 Å². The van der Waals surface area contributed by atoms with Crippen LogP contribution in [0.15, 0.2) is 55.1 Å². The molecule has 0 aliphatic carbocycles. The molecule has 92 valence electrons. The van der Waals surface area contributed by atoms with Crippen LogP contribution < -0.4 is 0 Å². The Balaban J connectivity index is 1.99. The molecule has 0 unspecified atom stereocenters. The maximum atomic E-state index is 10.9. The van der Waals surface area contributed by atoms with E-state index in [4.69, 9.17) is 4.74 Å². The number of carbonyl (C=O) groups excluding carboxylic acids is 1. The molecule has 0 bridgehead atoms. The van der Waals surface area contributed by atoms with E-state index in [1.807, 2.05) is 12.1 Å². The second-order valence-electron chi connectivity index (χ2n) is 4.11. The highest BCUT2D eigenvalue weighted by Crippen LogP contribution is 2.19. The van der Waals surface area contributed by atoms with Crippen molar-refractivity contribution in [3.8, 4) is 0 Å². The minimum absolute atomic E-state index is 0.354. The Morgan fingerprint density at radius 1 is 1.17 bits per heavy atom. The number of aryl methyl sites for hydroxylation is 1. The molecule has 0 amide bonds. The normalized spacial score (nSPS) is 10.2. The lowest BCUT2D eigenvalue weighted by atomic mass is 10.0.